The lowest BCUT2D eigenvalue weighted by Crippen LogP contribution is -2.40. The molecule has 5 heterocycles. The fourth-order valence-electron chi connectivity index (χ4n) is 4.71. The number of amides is 2. The molecule has 37 heavy (non-hydrogen) atoms. The zero-order chi connectivity index (χ0) is 26.5. The van der Waals surface area contributed by atoms with Crippen LogP contribution in [0.3, 0.4) is 0 Å². The highest BCUT2D eigenvalue weighted by molar-refractivity contribution is 6.01. The maximum atomic E-state index is 13.1. The molecule has 1 fully saturated rings. The van der Waals surface area contributed by atoms with Crippen LogP contribution < -0.4 is 10.9 Å². The van der Waals surface area contributed by atoms with E-state index in [0.717, 1.165) is 23.6 Å². The number of aliphatic hydroxyl groups excluding tert-OH is 1. The number of fused-ring (bicyclic) bond motifs is 3. The first-order chi connectivity index (χ1) is 17.9. The van der Waals surface area contributed by atoms with Crippen molar-refractivity contribution in [1.82, 2.24) is 24.4 Å². The van der Waals surface area contributed by atoms with E-state index in [1.807, 2.05) is 34.6 Å². The number of hydrogen-bond acceptors (Lipinski definition) is 7. The maximum Gasteiger partial charge on any atom is 0.251 e. The lowest BCUT2D eigenvalue weighted by atomic mass is 10.0. The molecule has 0 aliphatic carbocycles. The molecule has 1 saturated heterocycles. The van der Waals surface area contributed by atoms with Gasteiger partial charge >= 0.3 is 0 Å². The SMILES string of the molecule is CCC(=O)N1CCC(n2c(=O)ccc3cnc4ccc(-c5ccc(NC(C)=O)nc5)nc4c32)CC1.CO. The fraction of sp³-hybridized carbons (Fsp3) is 0.333. The Hall–Kier alpha value is -4.18. The van der Waals surface area contributed by atoms with Crippen molar-refractivity contribution in [2.75, 3.05) is 25.5 Å². The second-order valence-corrected chi connectivity index (χ2v) is 8.75. The average Bonchev–Trinajstić information content (AvgIpc) is 2.93. The first-order valence-electron chi connectivity index (χ1n) is 12.2. The van der Waals surface area contributed by atoms with Crippen molar-refractivity contribution in [3.05, 3.63) is 59.1 Å². The Morgan fingerprint density at radius 2 is 1.78 bits per heavy atom. The molecule has 5 rings (SSSR count). The molecular weight excluding hydrogens is 472 g/mol. The Bertz CT molecular complexity index is 1490. The summed E-state index contributed by atoms with van der Waals surface area (Å²) in [5.41, 5.74) is 3.50. The predicted octanol–water partition coefficient (Wildman–Crippen LogP) is 3.15. The molecule has 2 N–H and O–H groups in total. The van der Waals surface area contributed by atoms with Gasteiger partial charge in [-0.05, 0) is 43.2 Å². The van der Waals surface area contributed by atoms with E-state index in [4.69, 9.17) is 10.1 Å². The Morgan fingerprint density at radius 1 is 1.03 bits per heavy atom. The molecule has 1 aliphatic rings. The summed E-state index contributed by atoms with van der Waals surface area (Å²) < 4.78 is 1.84. The van der Waals surface area contributed by atoms with Gasteiger partial charge < -0.3 is 19.9 Å². The number of pyridine rings is 4. The first kappa shape index (κ1) is 25.9. The highest BCUT2D eigenvalue weighted by Crippen LogP contribution is 2.30. The van der Waals surface area contributed by atoms with Gasteiger partial charge in [-0.1, -0.05) is 6.92 Å². The van der Waals surface area contributed by atoms with E-state index in [9.17, 15) is 14.4 Å². The Balaban J connectivity index is 0.00000156. The summed E-state index contributed by atoms with van der Waals surface area (Å²) in [6.45, 7) is 4.57. The van der Waals surface area contributed by atoms with Crippen LogP contribution in [0.2, 0.25) is 0 Å². The summed E-state index contributed by atoms with van der Waals surface area (Å²) in [6.07, 6.45) is 5.34. The third-order valence-electron chi connectivity index (χ3n) is 6.45. The lowest BCUT2D eigenvalue weighted by Gasteiger charge is -2.33. The number of nitrogens with zero attached hydrogens (tertiary/aromatic N) is 5. The lowest BCUT2D eigenvalue weighted by molar-refractivity contribution is -0.132. The van der Waals surface area contributed by atoms with E-state index >= 15 is 0 Å². The van der Waals surface area contributed by atoms with Crippen LogP contribution in [0.5, 0.6) is 0 Å². The van der Waals surface area contributed by atoms with Crippen LogP contribution in [0, 0.1) is 0 Å². The quantitative estimate of drug-likeness (QED) is 0.410. The molecule has 10 nitrogen and oxygen atoms in total. The smallest absolute Gasteiger partial charge is 0.251 e. The minimum Gasteiger partial charge on any atom is -0.400 e. The number of carbonyl (C=O) groups is 2. The summed E-state index contributed by atoms with van der Waals surface area (Å²) in [4.78, 5) is 52.2. The monoisotopic (exact) mass is 502 g/mol. The van der Waals surface area contributed by atoms with Crippen molar-refractivity contribution in [2.24, 2.45) is 0 Å². The van der Waals surface area contributed by atoms with Crippen molar-refractivity contribution in [2.45, 2.75) is 39.2 Å². The molecule has 192 valence electrons. The topological polar surface area (TPSA) is 130 Å². The molecule has 0 radical (unpaired) electrons. The van der Waals surface area contributed by atoms with Gasteiger partial charge in [0.25, 0.3) is 5.56 Å². The van der Waals surface area contributed by atoms with Gasteiger partial charge in [0.05, 0.1) is 16.7 Å². The molecule has 0 saturated carbocycles. The largest absolute Gasteiger partial charge is 0.400 e. The maximum absolute atomic E-state index is 13.1. The number of hydrogen-bond donors (Lipinski definition) is 2. The van der Waals surface area contributed by atoms with Gasteiger partial charge in [0.1, 0.15) is 11.3 Å². The van der Waals surface area contributed by atoms with Crippen LogP contribution in [-0.4, -0.2) is 61.5 Å². The van der Waals surface area contributed by atoms with Crippen molar-refractivity contribution in [3.63, 3.8) is 0 Å². The van der Waals surface area contributed by atoms with Crippen LogP contribution in [0.15, 0.2) is 53.6 Å². The summed E-state index contributed by atoms with van der Waals surface area (Å²) in [5.74, 6) is 0.429. The second kappa shape index (κ2) is 11.3. The van der Waals surface area contributed by atoms with E-state index in [-0.39, 0.29) is 23.4 Å². The molecule has 4 aromatic heterocycles. The zero-order valence-electron chi connectivity index (χ0n) is 21.1. The van der Waals surface area contributed by atoms with E-state index in [1.165, 1.54) is 6.92 Å². The molecular formula is C27H30N6O4. The fourth-order valence-corrected chi connectivity index (χ4v) is 4.71. The van der Waals surface area contributed by atoms with Gasteiger partial charge in [0, 0.05) is 69.0 Å². The number of anilines is 1. The number of likely N-dealkylation sites (tertiary alicyclic amines) is 1. The molecule has 0 atom stereocenters. The number of aromatic nitrogens is 4. The average molecular weight is 503 g/mol. The molecule has 1 aliphatic heterocycles. The minimum atomic E-state index is -0.186. The number of piperidine rings is 1. The standard InChI is InChI=1S/C26H26N6O3.CH4O/c1-3-23(34)31-12-10-19(11-13-31)32-24(35)9-5-18-15-27-21-7-6-20(30-25(21)26(18)32)17-4-8-22(28-14-17)29-16(2)33;1-2/h4-9,14-15,19H,3,10-13H2,1-2H3,(H,28,29,33);2H,1H3. The summed E-state index contributed by atoms with van der Waals surface area (Å²) in [6, 6.07) is 10.7. The van der Waals surface area contributed by atoms with Crippen LogP contribution in [0.4, 0.5) is 5.82 Å². The molecule has 0 bridgehead atoms. The van der Waals surface area contributed by atoms with Crippen molar-refractivity contribution >= 4 is 39.6 Å². The summed E-state index contributed by atoms with van der Waals surface area (Å²) in [5, 5.41) is 10.5. The molecule has 4 aromatic rings. The predicted molar refractivity (Wildman–Crippen MR) is 142 cm³/mol. The van der Waals surface area contributed by atoms with Crippen molar-refractivity contribution in [1.29, 1.82) is 0 Å². The normalized spacial score (nSPS) is 13.8. The number of aliphatic hydroxyl groups is 1. The molecule has 2 amide bonds. The highest BCUT2D eigenvalue weighted by Gasteiger charge is 2.25. The molecule has 0 unspecified atom stereocenters. The van der Waals surface area contributed by atoms with Gasteiger partial charge in [0.2, 0.25) is 11.8 Å². The Kier molecular flexibility index (Phi) is 7.88. The van der Waals surface area contributed by atoms with E-state index < -0.39 is 0 Å². The number of nitrogens with one attached hydrogen (secondary N) is 1. The van der Waals surface area contributed by atoms with Crippen molar-refractivity contribution < 1.29 is 14.7 Å². The highest BCUT2D eigenvalue weighted by atomic mass is 16.2. The van der Waals surface area contributed by atoms with Gasteiger partial charge in [-0.15, -0.1) is 0 Å². The summed E-state index contributed by atoms with van der Waals surface area (Å²) in [7, 11) is 1.00. The van der Waals surface area contributed by atoms with Crippen molar-refractivity contribution in [3.8, 4) is 11.3 Å². The molecule has 0 spiro atoms. The third-order valence-corrected chi connectivity index (χ3v) is 6.45. The Labute approximate surface area is 214 Å². The van der Waals surface area contributed by atoms with Crippen LogP contribution >= 0.6 is 0 Å². The molecule has 0 aromatic carbocycles. The van der Waals surface area contributed by atoms with Gasteiger partial charge in [-0.25, -0.2) is 9.97 Å². The van der Waals surface area contributed by atoms with Gasteiger partial charge in [0.15, 0.2) is 0 Å². The zero-order valence-corrected chi connectivity index (χ0v) is 21.1. The van der Waals surface area contributed by atoms with Crippen LogP contribution in [0.25, 0.3) is 33.2 Å². The van der Waals surface area contributed by atoms with E-state index in [1.54, 1.807) is 30.6 Å². The number of carbonyl (C=O) groups excluding carboxylic acids is 2. The first-order valence-corrected chi connectivity index (χ1v) is 12.2. The Morgan fingerprint density at radius 3 is 2.43 bits per heavy atom. The third kappa shape index (κ3) is 5.34. The van der Waals surface area contributed by atoms with Gasteiger partial charge in [-0.3, -0.25) is 19.4 Å². The van der Waals surface area contributed by atoms with E-state index in [2.05, 4.69) is 15.3 Å². The van der Waals surface area contributed by atoms with Crippen LogP contribution in [-0.2, 0) is 9.59 Å². The number of rotatable bonds is 4. The summed E-state index contributed by atoms with van der Waals surface area (Å²) >= 11 is 0. The second-order valence-electron chi connectivity index (χ2n) is 8.75. The molecule has 10 heteroatoms. The van der Waals surface area contributed by atoms with E-state index in [0.29, 0.717) is 54.9 Å². The van der Waals surface area contributed by atoms with Gasteiger partial charge in [-0.2, -0.15) is 0 Å². The minimum absolute atomic E-state index is 0.0261. The van der Waals surface area contributed by atoms with Crippen LogP contribution in [0.1, 0.15) is 39.2 Å².